The van der Waals surface area contributed by atoms with Crippen molar-refractivity contribution in [3.05, 3.63) is 65.6 Å². The quantitative estimate of drug-likeness (QED) is 0.150. The first kappa shape index (κ1) is 35.4. The number of para-hydroxylation sites is 1. The Morgan fingerprint density at radius 1 is 0.909 bits per heavy atom. The van der Waals surface area contributed by atoms with Crippen LogP contribution in [0, 0.1) is 30.1 Å². The third-order valence-corrected chi connectivity index (χ3v) is 14.4. The normalized spacial score (nSPS) is 28.9. The highest BCUT2D eigenvalue weighted by Crippen LogP contribution is 2.72. The minimum absolute atomic E-state index is 0.0291. The van der Waals surface area contributed by atoms with E-state index in [9.17, 15) is 0 Å². The fourth-order valence-corrected chi connectivity index (χ4v) is 13.1. The van der Waals surface area contributed by atoms with E-state index >= 15 is 0 Å². The SMILES string of the molecule is Cc1c(Nc2nc3ccccc3s2)nnc2c1CCCN2c1ccc(-c2cnn(CC34CC5(C)CC(C)(C3)CC(OCCN3CCOCC3)(C5)C4)c2C)cn1. The molecule has 6 aliphatic rings. The van der Waals surface area contributed by atoms with Crippen LogP contribution in [-0.2, 0) is 22.4 Å². The first-order valence-electron chi connectivity index (χ1n) is 20.3. The van der Waals surface area contributed by atoms with Gasteiger partial charge in [-0.2, -0.15) is 5.10 Å². The van der Waals surface area contributed by atoms with Crippen LogP contribution in [0.1, 0.15) is 75.6 Å². The van der Waals surface area contributed by atoms with E-state index in [1.54, 1.807) is 11.3 Å². The van der Waals surface area contributed by atoms with Crippen molar-refractivity contribution >= 4 is 44.1 Å². The number of nitrogens with zero attached hydrogens (tertiary/aromatic N) is 8. The second-order valence-electron chi connectivity index (χ2n) is 18.2. The molecule has 1 saturated heterocycles. The summed E-state index contributed by atoms with van der Waals surface area (Å²) in [6.45, 7) is 16.8. The van der Waals surface area contributed by atoms with Crippen molar-refractivity contribution in [1.29, 1.82) is 0 Å². The third kappa shape index (κ3) is 6.52. The van der Waals surface area contributed by atoms with Gasteiger partial charge in [0.2, 0.25) is 0 Å². The van der Waals surface area contributed by atoms with Crippen molar-refractivity contribution < 1.29 is 9.47 Å². The van der Waals surface area contributed by atoms with E-state index in [0.717, 1.165) is 121 Å². The second-order valence-corrected chi connectivity index (χ2v) is 19.2. The first-order valence-corrected chi connectivity index (χ1v) is 21.1. The number of anilines is 4. The summed E-state index contributed by atoms with van der Waals surface area (Å²) in [4.78, 5) is 14.5. The molecular formula is C43H53N9O2S. The Hall–Kier alpha value is -3.97. The lowest BCUT2D eigenvalue weighted by atomic mass is 9.39. The average molecular weight is 760 g/mol. The number of thiazole rings is 1. The number of morpholine rings is 1. The van der Waals surface area contributed by atoms with Crippen LogP contribution in [0.15, 0.2) is 48.8 Å². The number of ether oxygens (including phenoxy) is 2. The smallest absolute Gasteiger partial charge is 0.189 e. The lowest BCUT2D eigenvalue weighted by Gasteiger charge is -2.69. The van der Waals surface area contributed by atoms with Crippen molar-refractivity contribution in [2.45, 2.75) is 91.2 Å². The van der Waals surface area contributed by atoms with Gasteiger partial charge in [-0.3, -0.25) is 9.58 Å². The number of nitrogens with one attached hydrogen (secondary N) is 1. The molecule has 2 aliphatic heterocycles. The van der Waals surface area contributed by atoms with Gasteiger partial charge in [0.1, 0.15) is 5.82 Å². The summed E-state index contributed by atoms with van der Waals surface area (Å²) in [6.07, 6.45) is 13.4. The fourth-order valence-electron chi connectivity index (χ4n) is 12.2. The molecule has 288 valence electrons. The Balaban J connectivity index is 0.852. The van der Waals surface area contributed by atoms with Gasteiger partial charge in [0.25, 0.3) is 0 Å². The summed E-state index contributed by atoms with van der Waals surface area (Å²) in [6, 6.07) is 12.5. The molecule has 5 fully saturated rings. The Kier molecular flexibility index (Phi) is 8.58. The number of aromatic nitrogens is 6. The number of hydrogen-bond acceptors (Lipinski definition) is 11. The van der Waals surface area contributed by atoms with E-state index in [4.69, 9.17) is 29.6 Å². The van der Waals surface area contributed by atoms with Crippen molar-refractivity contribution in [2.24, 2.45) is 16.2 Å². The Morgan fingerprint density at radius 2 is 1.73 bits per heavy atom. The number of hydrogen-bond donors (Lipinski definition) is 1. The van der Waals surface area contributed by atoms with Crippen LogP contribution in [0.4, 0.5) is 22.6 Å². The zero-order valence-electron chi connectivity index (χ0n) is 32.7. The predicted octanol–water partition coefficient (Wildman–Crippen LogP) is 8.26. The molecule has 5 aromatic rings. The topological polar surface area (TPSA) is 106 Å². The van der Waals surface area contributed by atoms with E-state index in [1.165, 1.54) is 43.4 Å². The van der Waals surface area contributed by atoms with E-state index in [-0.39, 0.29) is 11.0 Å². The molecule has 2 unspecified atom stereocenters. The molecule has 11 rings (SSSR count). The zero-order chi connectivity index (χ0) is 37.4. The maximum absolute atomic E-state index is 7.03. The number of pyridine rings is 1. The van der Waals surface area contributed by atoms with Gasteiger partial charge in [-0.15, -0.1) is 10.2 Å². The molecule has 1 aromatic carbocycles. The minimum Gasteiger partial charge on any atom is -0.379 e. The van der Waals surface area contributed by atoms with Crippen LogP contribution >= 0.6 is 11.3 Å². The van der Waals surface area contributed by atoms with E-state index in [0.29, 0.717) is 10.8 Å². The number of benzene rings is 1. The standard InChI is InChI=1S/C43H53N9O2S/c1-29-32-8-7-13-51(38(32)49-48-37(29)47-39-46-34-9-5-6-10-35(34)55-39)36-12-11-31(20-44-36)33-21-45-52(30(33)2)28-42-23-40(3)22-41(4,24-42)26-43(25-40,27-42)54-19-16-50-14-17-53-18-15-50/h5-6,9-12,20-21H,7-8,13-19,22-28H2,1-4H3,(H,46,47,48). The summed E-state index contributed by atoms with van der Waals surface area (Å²) in [5.41, 5.74) is 7.56. The molecule has 4 saturated carbocycles. The van der Waals surface area contributed by atoms with Crippen LogP contribution in [0.25, 0.3) is 21.3 Å². The molecule has 2 atom stereocenters. The number of fused-ring (bicyclic) bond motifs is 2. The van der Waals surface area contributed by atoms with Gasteiger partial charge in [-0.1, -0.05) is 37.3 Å². The largest absolute Gasteiger partial charge is 0.379 e. The van der Waals surface area contributed by atoms with E-state index < -0.39 is 0 Å². The maximum Gasteiger partial charge on any atom is 0.189 e. The van der Waals surface area contributed by atoms with Crippen molar-refractivity contribution in [3.8, 4) is 11.1 Å². The lowest BCUT2D eigenvalue weighted by Crippen LogP contribution is -2.64. The van der Waals surface area contributed by atoms with Crippen LogP contribution in [0.5, 0.6) is 0 Å². The molecule has 1 N–H and O–H groups in total. The summed E-state index contributed by atoms with van der Waals surface area (Å²) >= 11 is 1.63. The van der Waals surface area contributed by atoms with Gasteiger partial charge in [0.05, 0.1) is 41.8 Å². The molecule has 4 bridgehead atoms. The minimum atomic E-state index is -0.0291. The molecule has 55 heavy (non-hydrogen) atoms. The Bertz CT molecular complexity index is 2180. The highest BCUT2D eigenvalue weighted by atomic mass is 32.1. The average Bonchev–Trinajstić information content (AvgIpc) is 3.73. The van der Waals surface area contributed by atoms with E-state index in [2.05, 4.69) is 77.0 Å². The maximum atomic E-state index is 7.03. The summed E-state index contributed by atoms with van der Waals surface area (Å²) in [7, 11) is 0. The van der Waals surface area contributed by atoms with Gasteiger partial charge >= 0.3 is 0 Å². The van der Waals surface area contributed by atoms with Crippen LogP contribution < -0.4 is 10.2 Å². The molecule has 0 radical (unpaired) electrons. The van der Waals surface area contributed by atoms with Crippen molar-refractivity contribution in [2.75, 3.05) is 56.2 Å². The lowest BCUT2D eigenvalue weighted by molar-refractivity contribution is -0.249. The monoisotopic (exact) mass is 759 g/mol. The van der Waals surface area contributed by atoms with Gasteiger partial charge < -0.3 is 19.7 Å². The van der Waals surface area contributed by atoms with E-state index in [1.807, 2.05) is 24.4 Å². The molecule has 4 aliphatic carbocycles. The molecule has 12 heteroatoms. The van der Waals surface area contributed by atoms with Crippen LogP contribution in [0.2, 0.25) is 0 Å². The van der Waals surface area contributed by atoms with Crippen molar-refractivity contribution in [1.82, 2.24) is 34.8 Å². The van der Waals surface area contributed by atoms with Gasteiger partial charge in [0, 0.05) is 66.9 Å². The van der Waals surface area contributed by atoms with Gasteiger partial charge in [-0.25, -0.2) is 9.97 Å². The zero-order valence-corrected chi connectivity index (χ0v) is 33.6. The summed E-state index contributed by atoms with van der Waals surface area (Å²) in [5.74, 6) is 2.55. The third-order valence-electron chi connectivity index (χ3n) is 13.4. The Labute approximate surface area is 327 Å². The van der Waals surface area contributed by atoms with Gasteiger partial charge in [0.15, 0.2) is 16.8 Å². The molecule has 0 amide bonds. The first-order chi connectivity index (χ1) is 26.6. The highest BCUT2D eigenvalue weighted by Gasteiger charge is 2.66. The molecule has 0 spiro atoms. The van der Waals surface area contributed by atoms with Gasteiger partial charge in [-0.05, 0) is 106 Å². The summed E-state index contributed by atoms with van der Waals surface area (Å²) in [5, 5.41) is 18.7. The number of rotatable bonds is 10. The highest BCUT2D eigenvalue weighted by molar-refractivity contribution is 7.22. The summed E-state index contributed by atoms with van der Waals surface area (Å²) < 4.78 is 16.1. The fraction of sp³-hybridized carbons (Fsp3) is 0.558. The second kappa shape index (κ2) is 13.3. The van der Waals surface area contributed by atoms with Crippen LogP contribution in [-0.4, -0.2) is 86.4 Å². The van der Waals surface area contributed by atoms with Crippen molar-refractivity contribution in [3.63, 3.8) is 0 Å². The molecule has 11 nitrogen and oxygen atoms in total. The molecule has 6 heterocycles. The van der Waals surface area contributed by atoms with Crippen LogP contribution in [0.3, 0.4) is 0 Å². The predicted molar refractivity (Wildman–Crippen MR) is 217 cm³/mol. The molecule has 4 aromatic heterocycles. The Morgan fingerprint density at radius 3 is 2.51 bits per heavy atom. The molecular weight excluding hydrogens is 707 g/mol.